The lowest BCUT2D eigenvalue weighted by atomic mass is 10.1. The monoisotopic (exact) mass is 298 g/mol. The van der Waals surface area contributed by atoms with E-state index in [9.17, 15) is 9.90 Å². The van der Waals surface area contributed by atoms with Gasteiger partial charge >= 0.3 is 5.97 Å². The minimum atomic E-state index is -1.05. The highest BCUT2D eigenvalue weighted by atomic mass is 35.5. The quantitative estimate of drug-likeness (QED) is 0.709. The van der Waals surface area contributed by atoms with Gasteiger partial charge in [-0.15, -0.1) is 0 Å². The van der Waals surface area contributed by atoms with Crippen molar-refractivity contribution >= 4 is 40.4 Å². The largest absolute Gasteiger partial charge is 0.478 e. The molecule has 104 valence electrons. The van der Waals surface area contributed by atoms with Crippen LogP contribution in [-0.2, 0) is 0 Å². The summed E-state index contributed by atoms with van der Waals surface area (Å²) in [7, 11) is 0. The molecule has 0 aliphatic heterocycles. The number of hydrogen-bond donors (Lipinski definition) is 2. The topological polar surface area (TPSA) is 65.4 Å². The van der Waals surface area contributed by atoms with E-state index in [1.54, 1.807) is 18.3 Å². The lowest BCUT2D eigenvalue weighted by Crippen LogP contribution is -1.96. The van der Waals surface area contributed by atoms with Gasteiger partial charge in [0.15, 0.2) is 0 Å². The molecule has 0 saturated heterocycles. The molecule has 0 atom stereocenters. The van der Waals surface area contributed by atoms with Crippen LogP contribution in [0.3, 0.4) is 0 Å². The van der Waals surface area contributed by atoms with Gasteiger partial charge in [0, 0.05) is 33.9 Å². The average Bonchev–Trinajstić information content (AvgIpc) is 2.89. The van der Waals surface area contributed by atoms with Gasteiger partial charge in [-0.25, -0.2) is 4.79 Å². The number of fused-ring (bicyclic) bond motifs is 1. The predicted molar refractivity (Wildman–Crippen MR) is 84.0 cm³/mol. The van der Waals surface area contributed by atoms with Crippen LogP contribution in [0.1, 0.15) is 15.9 Å². The molecule has 0 spiro atoms. The van der Waals surface area contributed by atoms with Crippen molar-refractivity contribution in [2.24, 2.45) is 4.99 Å². The summed E-state index contributed by atoms with van der Waals surface area (Å²) in [5, 5.41) is 10.6. The fourth-order valence-corrected chi connectivity index (χ4v) is 2.30. The molecule has 3 rings (SSSR count). The van der Waals surface area contributed by atoms with Crippen LogP contribution in [-0.4, -0.2) is 22.3 Å². The molecule has 2 N–H and O–H groups in total. The van der Waals surface area contributed by atoms with Gasteiger partial charge in [0.1, 0.15) is 0 Å². The van der Waals surface area contributed by atoms with Gasteiger partial charge in [0.2, 0.25) is 0 Å². The van der Waals surface area contributed by atoms with Crippen molar-refractivity contribution in [2.75, 3.05) is 0 Å². The molecule has 0 unspecified atom stereocenters. The number of aromatic carboxylic acids is 1. The molecular weight excluding hydrogens is 288 g/mol. The van der Waals surface area contributed by atoms with Crippen LogP contribution in [0.5, 0.6) is 0 Å². The second-order valence-corrected chi connectivity index (χ2v) is 4.95. The molecule has 0 fully saturated rings. The van der Waals surface area contributed by atoms with Gasteiger partial charge in [-0.05, 0) is 24.3 Å². The summed E-state index contributed by atoms with van der Waals surface area (Å²) < 4.78 is 0. The van der Waals surface area contributed by atoms with Crippen LogP contribution >= 0.6 is 11.6 Å². The van der Waals surface area contributed by atoms with Crippen LogP contribution in [0, 0.1) is 0 Å². The van der Waals surface area contributed by atoms with Gasteiger partial charge in [-0.1, -0.05) is 29.8 Å². The summed E-state index contributed by atoms with van der Waals surface area (Å²) in [4.78, 5) is 18.6. The van der Waals surface area contributed by atoms with Crippen molar-refractivity contribution in [3.63, 3.8) is 0 Å². The van der Waals surface area contributed by atoms with Crippen molar-refractivity contribution in [1.82, 2.24) is 4.98 Å². The van der Waals surface area contributed by atoms with Crippen molar-refractivity contribution in [3.05, 3.63) is 64.8 Å². The SMILES string of the molecule is O=C(O)c1cc(Cl)ccc1N=Cc1c[nH]c2ccccc12. The number of carbonyl (C=O) groups is 1. The van der Waals surface area contributed by atoms with E-state index in [1.807, 2.05) is 30.5 Å². The predicted octanol–water partition coefficient (Wildman–Crippen LogP) is 4.27. The highest BCUT2D eigenvalue weighted by molar-refractivity contribution is 6.31. The molecule has 1 aromatic heterocycles. The highest BCUT2D eigenvalue weighted by Crippen LogP contribution is 2.24. The Labute approximate surface area is 125 Å². The van der Waals surface area contributed by atoms with Gasteiger partial charge in [-0.2, -0.15) is 0 Å². The molecule has 0 saturated carbocycles. The maximum Gasteiger partial charge on any atom is 0.337 e. The maximum absolute atomic E-state index is 11.2. The molecule has 3 aromatic rings. The van der Waals surface area contributed by atoms with Gasteiger partial charge in [0.05, 0.1) is 11.3 Å². The standard InChI is InChI=1S/C16H11ClN2O2/c17-11-5-6-15(13(7-11)16(20)21)19-9-10-8-18-14-4-2-1-3-12(10)14/h1-9,18H,(H,20,21). The molecule has 0 aliphatic rings. The van der Waals surface area contributed by atoms with E-state index in [4.69, 9.17) is 11.6 Å². The third kappa shape index (κ3) is 2.66. The minimum absolute atomic E-state index is 0.0820. The minimum Gasteiger partial charge on any atom is -0.478 e. The third-order valence-corrected chi connectivity index (χ3v) is 3.39. The Morgan fingerprint density at radius 2 is 2.05 bits per heavy atom. The van der Waals surface area contributed by atoms with Crippen molar-refractivity contribution in [1.29, 1.82) is 0 Å². The number of aliphatic imine (C=N–C) groups is 1. The Hall–Kier alpha value is -2.59. The molecule has 2 aromatic carbocycles. The van der Waals surface area contributed by atoms with Crippen LogP contribution in [0.4, 0.5) is 5.69 Å². The molecule has 21 heavy (non-hydrogen) atoms. The smallest absolute Gasteiger partial charge is 0.337 e. The fraction of sp³-hybridized carbons (Fsp3) is 0. The van der Waals surface area contributed by atoms with E-state index in [2.05, 4.69) is 9.98 Å². The maximum atomic E-state index is 11.2. The number of para-hydroxylation sites is 1. The first kappa shape index (κ1) is 13.4. The second kappa shape index (κ2) is 5.42. The molecule has 4 nitrogen and oxygen atoms in total. The average molecular weight is 299 g/mol. The number of H-pyrrole nitrogens is 1. The molecule has 0 aliphatic carbocycles. The van der Waals surface area contributed by atoms with E-state index < -0.39 is 5.97 Å². The number of aromatic nitrogens is 1. The zero-order chi connectivity index (χ0) is 14.8. The van der Waals surface area contributed by atoms with Crippen LogP contribution < -0.4 is 0 Å². The summed E-state index contributed by atoms with van der Waals surface area (Å²) in [6, 6.07) is 12.4. The highest BCUT2D eigenvalue weighted by Gasteiger charge is 2.10. The molecule has 5 heteroatoms. The van der Waals surface area contributed by atoms with E-state index in [0.29, 0.717) is 10.7 Å². The van der Waals surface area contributed by atoms with Gasteiger partial charge < -0.3 is 10.1 Å². The summed E-state index contributed by atoms with van der Waals surface area (Å²) in [6.07, 6.45) is 3.49. The molecular formula is C16H11ClN2O2. The molecule has 0 radical (unpaired) electrons. The number of carboxylic acids is 1. The van der Waals surface area contributed by atoms with E-state index in [-0.39, 0.29) is 5.56 Å². The number of nitrogens with one attached hydrogen (secondary N) is 1. The zero-order valence-corrected chi connectivity index (χ0v) is 11.6. The third-order valence-electron chi connectivity index (χ3n) is 3.15. The van der Waals surface area contributed by atoms with Crippen molar-refractivity contribution in [3.8, 4) is 0 Å². The molecule has 0 amide bonds. The number of nitrogens with zero attached hydrogens (tertiary/aromatic N) is 1. The van der Waals surface area contributed by atoms with Gasteiger partial charge in [-0.3, -0.25) is 4.99 Å². The van der Waals surface area contributed by atoms with Crippen LogP contribution in [0.25, 0.3) is 10.9 Å². The summed E-state index contributed by atoms with van der Waals surface area (Å²) in [5.41, 5.74) is 2.36. The first-order valence-electron chi connectivity index (χ1n) is 6.28. The summed E-state index contributed by atoms with van der Waals surface area (Å²) in [5.74, 6) is -1.05. The fourth-order valence-electron chi connectivity index (χ4n) is 2.13. The molecule has 1 heterocycles. The molecule has 0 bridgehead atoms. The first-order valence-corrected chi connectivity index (χ1v) is 6.66. The number of benzene rings is 2. The van der Waals surface area contributed by atoms with Crippen molar-refractivity contribution in [2.45, 2.75) is 0 Å². The second-order valence-electron chi connectivity index (χ2n) is 4.51. The normalized spacial score (nSPS) is 11.3. The Kier molecular flexibility index (Phi) is 3.46. The number of hydrogen-bond acceptors (Lipinski definition) is 2. The summed E-state index contributed by atoms with van der Waals surface area (Å²) in [6.45, 7) is 0. The lowest BCUT2D eigenvalue weighted by Gasteiger charge is -2.01. The zero-order valence-electron chi connectivity index (χ0n) is 10.9. The number of rotatable bonds is 3. The Morgan fingerprint density at radius 1 is 1.24 bits per heavy atom. The Morgan fingerprint density at radius 3 is 2.86 bits per heavy atom. The van der Waals surface area contributed by atoms with E-state index in [0.717, 1.165) is 16.5 Å². The lowest BCUT2D eigenvalue weighted by molar-refractivity contribution is 0.0698. The first-order chi connectivity index (χ1) is 10.1. The van der Waals surface area contributed by atoms with E-state index >= 15 is 0 Å². The number of carboxylic acid groups (broad SMARTS) is 1. The number of aromatic amines is 1. The van der Waals surface area contributed by atoms with Crippen LogP contribution in [0.2, 0.25) is 5.02 Å². The number of halogens is 1. The van der Waals surface area contributed by atoms with Crippen molar-refractivity contribution < 1.29 is 9.90 Å². The Bertz CT molecular complexity index is 852. The van der Waals surface area contributed by atoms with Gasteiger partial charge in [0.25, 0.3) is 0 Å². The van der Waals surface area contributed by atoms with E-state index in [1.165, 1.54) is 6.07 Å². The van der Waals surface area contributed by atoms with Crippen LogP contribution in [0.15, 0.2) is 53.7 Å². The summed E-state index contributed by atoms with van der Waals surface area (Å²) >= 11 is 5.82. The Balaban J connectivity index is 2.02.